The van der Waals surface area contributed by atoms with Crippen molar-refractivity contribution in [1.29, 1.82) is 0 Å². The summed E-state index contributed by atoms with van der Waals surface area (Å²) in [5.41, 5.74) is 0. The van der Waals surface area contributed by atoms with Crippen molar-refractivity contribution in [3.05, 3.63) is 13.6 Å². The second kappa shape index (κ2) is 5.30. The van der Waals surface area contributed by atoms with E-state index in [9.17, 15) is 39.5 Å². The molecule has 0 saturated carbocycles. The molecule has 9 heteroatoms. The van der Waals surface area contributed by atoms with Crippen LogP contribution in [0.15, 0.2) is 0 Å². The highest BCUT2D eigenvalue weighted by Gasteiger charge is 2.59. The average molecular weight is 234 g/mol. The van der Waals surface area contributed by atoms with Crippen LogP contribution in [0.2, 0.25) is 0 Å². The molecule has 0 heterocycles. The molecule has 0 aromatic carbocycles. The summed E-state index contributed by atoms with van der Waals surface area (Å²) in [6.45, 7) is -1.48. The zero-order valence-corrected chi connectivity index (χ0v) is 6.19. The quantitative estimate of drug-likeness (QED) is 0.639. The predicted octanol–water partition coefficient (Wildman–Crippen LogP) is 3.70. The topological polar surface area (TPSA) is 0 Å². The van der Waals surface area contributed by atoms with Crippen molar-refractivity contribution in [2.75, 3.05) is 0 Å². The zero-order chi connectivity index (χ0) is 12.2. The smallest absolute Gasteiger partial charge is 0.203 e. The third-order valence-corrected chi connectivity index (χ3v) is 0.762. The van der Waals surface area contributed by atoms with Gasteiger partial charge in [-0.1, -0.05) is 0 Å². The summed E-state index contributed by atoms with van der Waals surface area (Å²) < 4.78 is 96.6. The number of rotatable bonds is 2. The van der Waals surface area contributed by atoms with Gasteiger partial charge in [-0.2, -0.15) is 30.7 Å². The van der Waals surface area contributed by atoms with E-state index < -0.39 is 24.9 Å². The molecule has 0 aliphatic rings. The van der Waals surface area contributed by atoms with E-state index in [-0.39, 0.29) is 0 Å². The van der Waals surface area contributed by atoms with Crippen LogP contribution < -0.4 is 0 Å². The van der Waals surface area contributed by atoms with Crippen LogP contribution in [0.5, 0.6) is 0 Å². The van der Waals surface area contributed by atoms with E-state index in [0.717, 1.165) is 0 Å². The highest BCUT2D eigenvalue weighted by molar-refractivity contribution is 4.88. The molecule has 0 bridgehead atoms. The summed E-state index contributed by atoms with van der Waals surface area (Å²) in [5.74, 6) is -10.3. The third-order valence-electron chi connectivity index (χ3n) is 0.762. The highest BCUT2D eigenvalue weighted by Crippen LogP contribution is 2.37. The van der Waals surface area contributed by atoms with Crippen LogP contribution in [0.4, 0.5) is 39.5 Å². The van der Waals surface area contributed by atoms with Gasteiger partial charge in [0.2, 0.25) is 0 Å². The average Bonchev–Trinajstić information content (AvgIpc) is 1.82. The van der Waals surface area contributed by atoms with Gasteiger partial charge in [0.15, 0.2) is 0 Å². The van der Waals surface area contributed by atoms with E-state index in [1.807, 2.05) is 0 Å². The summed E-state index contributed by atoms with van der Waals surface area (Å²) in [6.07, 6.45) is -4.39. The van der Waals surface area contributed by atoms with Crippen LogP contribution in [0.25, 0.3) is 0 Å². The van der Waals surface area contributed by atoms with Crippen molar-refractivity contribution < 1.29 is 39.5 Å². The third kappa shape index (κ3) is 5.92. The first-order valence-corrected chi connectivity index (χ1v) is 2.65. The molecule has 0 fully saturated rings. The van der Waals surface area contributed by atoms with Gasteiger partial charge >= 0.3 is 24.9 Å². The second-order valence-electron chi connectivity index (χ2n) is 1.84. The molecular formula is C5H3F9. The SMILES string of the molecule is F[C](F)F.[CH2]C(F)(F)C(F)(F)C(F)F. The van der Waals surface area contributed by atoms with Gasteiger partial charge in [-0.05, 0) is 0 Å². The Bertz CT molecular complexity index is 143. The minimum Gasteiger partial charge on any atom is -0.203 e. The van der Waals surface area contributed by atoms with Crippen molar-refractivity contribution >= 4 is 0 Å². The summed E-state index contributed by atoms with van der Waals surface area (Å²) in [7, 11) is 0. The predicted molar refractivity (Wildman–Crippen MR) is 27.8 cm³/mol. The summed E-state index contributed by atoms with van der Waals surface area (Å²) in [6, 6.07) is 0. The van der Waals surface area contributed by atoms with E-state index >= 15 is 0 Å². The fraction of sp³-hybridized carbons (Fsp3) is 0.600. The largest absolute Gasteiger partial charge is 0.487 e. The Morgan fingerprint density at radius 3 is 1.14 bits per heavy atom. The van der Waals surface area contributed by atoms with E-state index in [0.29, 0.717) is 0 Å². The molecule has 0 aliphatic heterocycles. The van der Waals surface area contributed by atoms with Crippen LogP contribution in [0.3, 0.4) is 0 Å². The van der Waals surface area contributed by atoms with Crippen LogP contribution >= 0.6 is 0 Å². The monoisotopic (exact) mass is 234 g/mol. The van der Waals surface area contributed by atoms with Gasteiger partial charge in [0, 0.05) is 6.92 Å². The van der Waals surface area contributed by atoms with Crippen molar-refractivity contribution in [2.45, 2.75) is 18.3 Å². The maximum Gasteiger partial charge on any atom is 0.487 e. The fourth-order valence-corrected chi connectivity index (χ4v) is 0.160. The lowest BCUT2D eigenvalue weighted by molar-refractivity contribution is -0.243. The maximum atomic E-state index is 11.5. The minimum absolute atomic E-state index is 1.60. The van der Waals surface area contributed by atoms with Gasteiger partial charge < -0.3 is 0 Å². The molecule has 0 saturated heterocycles. The van der Waals surface area contributed by atoms with E-state index in [2.05, 4.69) is 0 Å². The Kier molecular flexibility index (Phi) is 5.99. The Hall–Kier alpha value is -0.630. The Labute approximate surface area is 72.7 Å². The Balaban J connectivity index is 0. The molecule has 14 heavy (non-hydrogen) atoms. The van der Waals surface area contributed by atoms with Crippen LogP contribution in [0, 0.1) is 13.6 Å². The van der Waals surface area contributed by atoms with E-state index in [4.69, 9.17) is 0 Å². The Morgan fingerprint density at radius 1 is 0.929 bits per heavy atom. The van der Waals surface area contributed by atoms with E-state index in [1.54, 1.807) is 6.92 Å². The first-order valence-electron chi connectivity index (χ1n) is 2.65. The molecule has 0 aromatic rings. The zero-order valence-electron chi connectivity index (χ0n) is 6.19. The second-order valence-corrected chi connectivity index (χ2v) is 1.84. The fourth-order valence-electron chi connectivity index (χ4n) is 0.160. The Morgan fingerprint density at radius 2 is 1.14 bits per heavy atom. The molecule has 0 spiro atoms. The van der Waals surface area contributed by atoms with Gasteiger partial charge in [-0.25, -0.2) is 8.78 Å². The molecule has 0 N–H and O–H groups in total. The highest BCUT2D eigenvalue weighted by atomic mass is 19.4. The van der Waals surface area contributed by atoms with Crippen molar-refractivity contribution in [2.24, 2.45) is 0 Å². The van der Waals surface area contributed by atoms with E-state index in [1.165, 1.54) is 0 Å². The first-order chi connectivity index (χ1) is 5.93. The summed E-state index contributed by atoms with van der Waals surface area (Å²) >= 11 is 0. The number of hydrogen-bond acceptors (Lipinski definition) is 0. The van der Waals surface area contributed by atoms with Gasteiger partial charge in [0.05, 0.1) is 0 Å². The van der Waals surface area contributed by atoms with Crippen molar-refractivity contribution in [3.63, 3.8) is 0 Å². The molecule has 0 aromatic heterocycles. The van der Waals surface area contributed by atoms with Crippen molar-refractivity contribution in [3.8, 4) is 0 Å². The molecular weight excluding hydrogens is 231 g/mol. The number of alkyl halides is 6. The molecule has 0 rings (SSSR count). The standard InChI is InChI=1S/C4H3F6.CF3/c1-3(7,8)4(9,10)2(5)6;2-1(3)4/h2H,1H2;. The van der Waals surface area contributed by atoms with Crippen LogP contribution in [0.1, 0.15) is 0 Å². The van der Waals surface area contributed by atoms with Gasteiger partial charge in [-0.15, -0.1) is 0 Å². The van der Waals surface area contributed by atoms with Crippen LogP contribution in [-0.2, 0) is 0 Å². The summed E-state index contributed by atoms with van der Waals surface area (Å²) in [5, 5.41) is 0. The van der Waals surface area contributed by atoms with Crippen molar-refractivity contribution in [1.82, 2.24) is 0 Å². The lowest BCUT2D eigenvalue weighted by Gasteiger charge is -2.21. The number of hydrogen-bond donors (Lipinski definition) is 0. The molecule has 0 atom stereocenters. The van der Waals surface area contributed by atoms with Gasteiger partial charge in [0.25, 0.3) is 0 Å². The maximum absolute atomic E-state index is 11.5. The molecule has 2 radical (unpaired) electrons. The molecule has 0 unspecified atom stereocenters. The van der Waals surface area contributed by atoms with Crippen LogP contribution in [-0.4, -0.2) is 18.3 Å². The first kappa shape index (κ1) is 15.8. The molecule has 0 aliphatic carbocycles. The minimum atomic E-state index is -5.34. The number of halogens is 9. The lowest BCUT2D eigenvalue weighted by Crippen LogP contribution is -2.44. The van der Waals surface area contributed by atoms with Gasteiger partial charge in [0.1, 0.15) is 0 Å². The summed E-state index contributed by atoms with van der Waals surface area (Å²) in [4.78, 5) is 0. The molecule has 0 nitrogen and oxygen atoms in total. The molecule has 86 valence electrons. The molecule has 0 amide bonds. The normalized spacial score (nSPS) is 12.9. The lowest BCUT2D eigenvalue weighted by atomic mass is 10.2. The van der Waals surface area contributed by atoms with Gasteiger partial charge in [-0.3, -0.25) is 0 Å².